The number of nitrogens with one attached hydrogen (secondary N) is 1. The van der Waals surface area contributed by atoms with E-state index in [4.69, 9.17) is 23.2 Å². The molecule has 10 heteroatoms. The van der Waals surface area contributed by atoms with Gasteiger partial charge in [0, 0.05) is 12.6 Å². The zero-order valence-electron chi connectivity index (χ0n) is 19.8. The molecule has 0 heterocycles. The average Bonchev–Trinajstić information content (AvgIpc) is 2.79. The Kier molecular flexibility index (Phi) is 10.2. The Labute approximate surface area is 212 Å². The quantitative estimate of drug-likeness (QED) is 0.475. The first-order valence-electron chi connectivity index (χ1n) is 11.0. The van der Waals surface area contributed by atoms with Crippen LogP contribution in [0.4, 0.5) is 5.69 Å². The Morgan fingerprint density at radius 3 is 2.24 bits per heavy atom. The van der Waals surface area contributed by atoms with Crippen LogP contribution in [0, 0.1) is 0 Å². The molecule has 186 valence electrons. The summed E-state index contributed by atoms with van der Waals surface area (Å²) in [4.78, 5) is 27.7. The van der Waals surface area contributed by atoms with Gasteiger partial charge < -0.3 is 10.2 Å². The van der Waals surface area contributed by atoms with Crippen LogP contribution in [-0.2, 0) is 26.0 Å². The first-order valence-corrected chi connectivity index (χ1v) is 13.6. The van der Waals surface area contributed by atoms with Crippen molar-refractivity contribution in [3.63, 3.8) is 0 Å². The minimum Gasteiger partial charge on any atom is -0.352 e. The van der Waals surface area contributed by atoms with E-state index >= 15 is 0 Å². The van der Waals surface area contributed by atoms with E-state index < -0.39 is 28.5 Å². The van der Waals surface area contributed by atoms with Gasteiger partial charge in [0.2, 0.25) is 21.8 Å². The molecule has 2 aromatic rings. The zero-order valence-corrected chi connectivity index (χ0v) is 22.1. The molecular formula is C24H31Cl2N3O4S. The second-order valence-electron chi connectivity index (χ2n) is 8.18. The molecule has 34 heavy (non-hydrogen) atoms. The van der Waals surface area contributed by atoms with Crippen molar-refractivity contribution in [2.24, 2.45) is 0 Å². The van der Waals surface area contributed by atoms with Gasteiger partial charge in [-0.3, -0.25) is 13.9 Å². The summed E-state index contributed by atoms with van der Waals surface area (Å²) >= 11 is 12.0. The summed E-state index contributed by atoms with van der Waals surface area (Å²) in [5.74, 6) is -0.796. The molecule has 0 saturated heterocycles. The molecular weight excluding hydrogens is 497 g/mol. The molecule has 0 aromatic heterocycles. The van der Waals surface area contributed by atoms with Gasteiger partial charge in [0.05, 0.1) is 22.0 Å². The summed E-state index contributed by atoms with van der Waals surface area (Å²) in [5, 5.41) is 3.33. The lowest BCUT2D eigenvalue weighted by atomic mass is 10.1. The van der Waals surface area contributed by atoms with Gasteiger partial charge in [0.1, 0.15) is 12.6 Å². The molecule has 0 fully saturated rings. The number of anilines is 1. The van der Waals surface area contributed by atoms with Gasteiger partial charge in [-0.15, -0.1) is 0 Å². The van der Waals surface area contributed by atoms with E-state index in [-0.39, 0.29) is 34.2 Å². The Balaban J connectivity index is 2.33. The van der Waals surface area contributed by atoms with Gasteiger partial charge >= 0.3 is 0 Å². The molecule has 0 radical (unpaired) electrons. The van der Waals surface area contributed by atoms with Crippen LogP contribution in [0.5, 0.6) is 0 Å². The SMILES string of the molecule is CC[C@@H](C)NC(=O)[C@@H](C)N(CCc1ccccc1)C(=O)CN(c1ccc(Cl)c(Cl)c1)S(C)(=O)=O. The summed E-state index contributed by atoms with van der Waals surface area (Å²) in [6, 6.07) is 13.1. The van der Waals surface area contributed by atoms with E-state index in [2.05, 4.69) is 5.32 Å². The van der Waals surface area contributed by atoms with Crippen molar-refractivity contribution < 1.29 is 18.0 Å². The van der Waals surface area contributed by atoms with Crippen LogP contribution in [0.15, 0.2) is 48.5 Å². The van der Waals surface area contributed by atoms with Crippen LogP contribution in [0.1, 0.15) is 32.8 Å². The van der Waals surface area contributed by atoms with Gasteiger partial charge in [0.25, 0.3) is 0 Å². The Hall–Kier alpha value is -2.29. The highest BCUT2D eigenvalue weighted by Crippen LogP contribution is 2.28. The van der Waals surface area contributed by atoms with Gasteiger partial charge in [-0.2, -0.15) is 0 Å². The molecule has 7 nitrogen and oxygen atoms in total. The van der Waals surface area contributed by atoms with Crippen molar-refractivity contribution in [2.45, 2.75) is 45.7 Å². The molecule has 0 aliphatic rings. The second kappa shape index (κ2) is 12.4. The number of hydrogen-bond acceptors (Lipinski definition) is 4. The fourth-order valence-electron chi connectivity index (χ4n) is 3.29. The number of carbonyl (C=O) groups is 2. The van der Waals surface area contributed by atoms with Crippen molar-refractivity contribution in [2.75, 3.05) is 23.7 Å². The molecule has 2 rings (SSSR count). The van der Waals surface area contributed by atoms with Gasteiger partial charge in [-0.1, -0.05) is 60.5 Å². The molecule has 0 unspecified atom stereocenters. The number of amides is 2. The third-order valence-corrected chi connectivity index (χ3v) is 7.40. The van der Waals surface area contributed by atoms with Crippen LogP contribution in [0.25, 0.3) is 0 Å². The third-order valence-electron chi connectivity index (χ3n) is 5.52. The standard InChI is InChI=1S/C24H31Cl2N3O4S/c1-5-17(2)27-24(31)18(3)28(14-13-19-9-7-6-8-10-19)23(30)16-29(34(4,32)33)20-11-12-21(25)22(26)15-20/h6-12,15,17-18H,5,13-14,16H2,1-4H3,(H,27,31)/t17-,18-/m1/s1. The van der Waals surface area contributed by atoms with Gasteiger partial charge in [-0.05, 0) is 50.5 Å². The summed E-state index contributed by atoms with van der Waals surface area (Å²) in [6.45, 7) is 5.25. The minimum absolute atomic E-state index is 0.0512. The number of halogens is 2. The minimum atomic E-state index is -3.83. The topological polar surface area (TPSA) is 86.8 Å². The van der Waals surface area contributed by atoms with E-state index in [1.165, 1.54) is 23.1 Å². The number of carbonyl (C=O) groups excluding carboxylic acids is 2. The normalized spacial score (nSPS) is 13.1. The van der Waals surface area contributed by atoms with E-state index in [1.807, 2.05) is 44.2 Å². The summed E-state index contributed by atoms with van der Waals surface area (Å²) < 4.78 is 26.1. The van der Waals surface area contributed by atoms with E-state index in [1.54, 1.807) is 6.92 Å². The number of hydrogen-bond donors (Lipinski definition) is 1. The fourth-order valence-corrected chi connectivity index (χ4v) is 4.42. The summed E-state index contributed by atoms with van der Waals surface area (Å²) in [7, 11) is -3.83. The lowest BCUT2D eigenvalue weighted by Crippen LogP contribution is -2.53. The van der Waals surface area contributed by atoms with Crippen LogP contribution >= 0.6 is 23.2 Å². The van der Waals surface area contributed by atoms with Gasteiger partial charge in [0.15, 0.2) is 0 Å². The molecule has 0 bridgehead atoms. The lowest BCUT2D eigenvalue weighted by molar-refractivity contribution is -0.139. The second-order valence-corrected chi connectivity index (χ2v) is 10.9. The first kappa shape index (κ1) is 28.0. The number of sulfonamides is 1. The molecule has 2 amide bonds. The highest BCUT2D eigenvalue weighted by molar-refractivity contribution is 7.92. The van der Waals surface area contributed by atoms with Crippen molar-refractivity contribution in [3.05, 3.63) is 64.1 Å². The fraction of sp³-hybridized carbons (Fsp3) is 0.417. The maximum absolute atomic E-state index is 13.4. The number of benzene rings is 2. The summed E-state index contributed by atoms with van der Waals surface area (Å²) in [5.41, 5.74) is 1.21. The van der Waals surface area contributed by atoms with Gasteiger partial charge in [-0.25, -0.2) is 8.42 Å². The summed E-state index contributed by atoms with van der Waals surface area (Å²) in [6.07, 6.45) is 2.27. The Morgan fingerprint density at radius 2 is 1.68 bits per heavy atom. The monoisotopic (exact) mass is 527 g/mol. The van der Waals surface area contributed by atoms with E-state index in [9.17, 15) is 18.0 Å². The number of nitrogens with zero attached hydrogens (tertiary/aromatic N) is 2. The molecule has 0 spiro atoms. The van der Waals surface area contributed by atoms with Crippen molar-refractivity contribution in [3.8, 4) is 0 Å². The lowest BCUT2D eigenvalue weighted by Gasteiger charge is -2.32. The predicted molar refractivity (Wildman–Crippen MR) is 138 cm³/mol. The van der Waals surface area contributed by atoms with Crippen LogP contribution in [0.3, 0.4) is 0 Å². The van der Waals surface area contributed by atoms with Crippen LogP contribution < -0.4 is 9.62 Å². The molecule has 0 aliphatic carbocycles. The maximum atomic E-state index is 13.4. The highest BCUT2D eigenvalue weighted by Gasteiger charge is 2.30. The van der Waals surface area contributed by atoms with E-state index in [0.29, 0.717) is 6.42 Å². The molecule has 2 aromatic carbocycles. The Bertz CT molecular complexity index is 1100. The van der Waals surface area contributed by atoms with Crippen molar-refractivity contribution in [1.82, 2.24) is 10.2 Å². The molecule has 0 aliphatic heterocycles. The van der Waals surface area contributed by atoms with Crippen LogP contribution in [-0.4, -0.2) is 56.6 Å². The zero-order chi connectivity index (χ0) is 25.5. The predicted octanol–water partition coefficient (Wildman–Crippen LogP) is 4.13. The smallest absolute Gasteiger partial charge is 0.244 e. The Morgan fingerprint density at radius 1 is 1.03 bits per heavy atom. The van der Waals surface area contributed by atoms with E-state index in [0.717, 1.165) is 22.5 Å². The first-order chi connectivity index (χ1) is 15.9. The largest absolute Gasteiger partial charge is 0.352 e. The van der Waals surface area contributed by atoms with Crippen LogP contribution in [0.2, 0.25) is 10.0 Å². The third kappa shape index (κ3) is 7.89. The molecule has 1 N–H and O–H groups in total. The van der Waals surface area contributed by atoms with Crippen molar-refractivity contribution >= 4 is 50.7 Å². The average molecular weight is 529 g/mol. The maximum Gasteiger partial charge on any atom is 0.244 e. The molecule has 2 atom stereocenters. The highest BCUT2D eigenvalue weighted by atomic mass is 35.5. The van der Waals surface area contributed by atoms with Crippen molar-refractivity contribution in [1.29, 1.82) is 0 Å². The number of rotatable bonds is 11. The molecule has 0 saturated carbocycles.